The maximum absolute atomic E-state index is 11.7. The van der Waals surface area contributed by atoms with E-state index in [0.29, 0.717) is 13.0 Å². The Labute approximate surface area is 127 Å². The number of rotatable bonds is 7. The summed E-state index contributed by atoms with van der Waals surface area (Å²) in [5.74, 6) is -0.936. The Kier molecular flexibility index (Phi) is 5.95. The van der Waals surface area contributed by atoms with Crippen molar-refractivity contribution in [3.63, 3.8) is 0 Å². The summed E-state index contributed by atoms with van der Waals surface area (Å²) < 4.78 is 5.48. The van der Waals surface area contributed by atoms with E-state index in [-0.39, 0.29) is 12.0 Å². The molecule has 1 aromatic rings. The first-order valence-corrected chi connectivity index (χ1v) is 7.83. The summed E-state index contributed by atoms with van der Waals surface area (Å²) in [4.78, 5) is 24.0. The molecule has 1 aliphatic heterocycles. The molecule has 0 aromatic carbocycles. The van der Waals surface area contributed by atoms with Crippen molar-refractivity contribution in [3.8, 4) is 0 Å². The monoisotopic (exact) mass is 309 g/mol. The van der Waals surface area contributed by atoms with Crippen LogP contribution in [0.25, 0.3) is 6.08 Å². The maximum Gasteiger partial charge on any atom is 0.328 e. The Morgan fingerprint density at radius 2 is 2.33 bits per heavy atom. The Morgan fingerprint density at radius 1 is 1.48 bits per heavy atom. The van der Waals surface area contributed by atoms with Gasteiger partial charge in [0.2, 0.25) is 5.91 Å². The number of carbonyl (C=O) groups excluding carboxylic acids is 1. The van der Waals surface area contributed by atoms with Gasteiger partial charge in [-0.1, -0.05) is 0 Å². The predicted molar refractivity (Wildman–Crippen MR) is 81.0 cm³/mol. The summed E-state index contributed by atoms with van der Waals surface area (Å²) in [7, 11) is 0. The van der Waals surface area contributed by atoms with E-state index >= 15 is 0 Å². The lowest BCUT2D eigenvalue weighted by Crippen LogP contribution is -2.23. The van der Waals surface area contributed by atoms with Crippen LogP contribution in [0.5, 0.6) is 0 Å². The van der Waals surface area contributed by atoms with Gasteiger partial charge in [-0.2, -0.15) is 0 Å². The van der Waals surface area contributed by atoms with Crippen LogP contribution in [0.2, 0.25) is 0 Å². The van der Waals surface area contributed by atoms with E-state index in [1.807, 2.05) is 12.1 Å². The molecule has 2 N–H and O–H groups in total. The Bertz CT molecular complexity index is 517. The summed E-state index contributed by atoms with van der Waals surface area (Å²) in [5.41, 5.74) is 0. The molecule has 0 spiro atoms. The lowest BCUT2D eigenvalue weighted by atomic mass is 10.1. The largest absolute Gasteiger partial charge is 0.478 e. The first-order valence-electron chi connectivity index (χ1n) is 7.01. The van der Waals surface area contributed by atoms with Gasteiger partial charge in [0.15, 0.2) is 0 Å². The minimum atomic E-state index is -0.965. The number of ether oxygens (including phenoxy) is 1. The van der Waals surface area contributed by atoms with Gasteiger partial charge in [-0.25, -0.2) is 4.79 Å². The molecule has 0 radical (unpaired) electrons. The highest BCUT2D eigenvalue weighted by Crippen LogP contribution is 2.18. The molecule has 6 heteroatoms. The third-order valence-electron chi connectivity index (χ3n) is 3.25. The van der Waals surface area contributed by atoms with Crippen LogP contribution >= 0.6 is 11.3 Å². The van der Waals surface area contributed by atoms with Crippen LogP contribution in [0.4, 0.5) is 0 Å². The second kappa shape index (κ2) is 7.95. The average molecular weight is 309 g/mol. The van der Waals surface area contributed by atoms with Crippen molar-refractivity contribution in [2.75, 3.05) is 6.61 Å². The predicted octanol–water partition coefficient (Wildman–Crippen LogP) is 2.42. The van der Waals surface area contributed by atoms with Crippen molar-refractivity contribution in [1.29, 1.82) is 0 Å². The summed E-state index contributed by atoms with van der Waals surface area (Å²) in [5, 5.41) is 11.4. The molecule has 2 rings (SSSR count). The van der Waals surface area contributed by atoms with E-state index in [4.69, 9.17) is 9.84 Å². The summed E-state index contributed by atoms with van der Waals surface area (Å²) >= 11 is 1.47. The maximum atomic E-state index is 11.7. The minimum absolute atomic E-state index is 0.0292. The van der Waals surface area contributed by atoms with Gasteiger partial charge in [-0.15, -0.1) is 11.3 Å². The van der Waals surface area contributed by atoms with Crippen molar-refractivity contribution < 1.29 is 19.4 Å². The number of nitrogens with one attached hydrogen (secondary N) is 1. The van der Waals surface area contributed by atoms with Gasteiger partial charge in [0, 0.05) is 28.9 Å². The van der Waals surface area contributed by atoms with Crippen LogP contribution in [0.1, 0.15) is 35.4 Å². The van der Waals surface area contributed by atoms with Crippen LogP contribution in [0, 0.1) is 0 Å². The van der Waals surface area contributed by atoms with E-state index < -0.39 is 5.97 Å². The standard InChI is InChI=1S/C15H19NO4S/c17-14(7-3-11-2-1-9-20-11)16-10-13-5-4-12(21-13)6-8-15(18)19/h4-6,8,11H,1-3,7,9-10H2,(H,16,17)(H,18,19). The second-order valence-electron chi connectivity index (χ2n) is 4.93. The van der Waals surface area contributed by atoms with E-state index in [2.05, 4.69) is 5.32 Å². The van der Waals surface area contributed by atoms with Crippen LogP contribution in [0.15, 0.2) is 18.2 Å². The first-order chi connectivity index (χ1) is 10.1. The van der Waals surface area contributed by atoms with Crippen molar-refractivity contribution in [2.24, 2.45) is 0 Å². The Morgan fingerprint density at radius 3 is 3.05 bits per heavy atom. The zero-order valence-electron chi connectivity index (χ0n) is 11.7. The molecule has 0 saturated carbocycles. The number of hydrogen-bond donors (Lipinski definition) is 2. The normalized spacial score (nSPS) is 18.2. The molecular weight excluding hydrogens is 290 g/mol. The smallest absolute Gasteiger partial charge is 0.328 e. The molecule has 21 heavy (non-hydrogen) atoms. The van der Waals surface area contributed by atoms with E-state index in [1.54, 1.807) is 6.08 Å². The van der Waals surface area contributed by atoms with Gasteiger partial charge < -0.3 is 15.2 Å². The number of carbonyl (C=O) groups is 2. The molecule has 1 aromatic heterocycles. The molecule has 2 heterocycles. The number of hydrogen-bond acceptors (Lipinski definition) is 4. The van der Waals surface area contributed by atoms with Crippen LogP contribution in [0.3, 0.4) is 0 Å². The Balaban J connectivity index is 1.69. The van der Waals surface area contributed by atoms with Crippen LogP contribution < -0.4 is 5.32 Å². The molecule has 114 valence electrons. The number of carboxylic acids is 1. The van der Waals surface area contributed by atoms with E-state index in [1.165, 1.54) is 11.3 Å². The molecule has 0 bridgehead atoms. The average Bonchev–Trinajstić information content (AvgIpc) is 3.12. The molecule has 1 atom stereocenters. The fourth-order valence-corrected chi connectivity index (χ4v) is 3.03. The molecule has 1 unspecified atom stereocenters. The Hall–Kier alpha value is -1.66. The van der Waals surface area contributed by atoms with Crippen molar-refractivity contribution in [3.05, 3.63) is 28.0 Å². The zero-order valence-corrected chi connectivity index (χ0v) is 12.5. The van der Waals surface area contributed by atoms with Crippen LogP contribution in [-0.4, -0.2) is 29.7 Å². The molecule has 1 fully saturated rings. The fourth-order valence-electron chi connectivity index (χ4n) is 2.17. The van der Waals surface area contributed by atoms with Gasteiger partial charge in [-0.3, -0.25) is 4.79 Å². The third-order valence-corrected chi connectivity index (χ3v) is 4.30. The second-order valence-corrected chi connectivity index (χ2v) is 6.13. The lowest BCUT2D eigenvalue weighted by Gasteiger charge is -2.08. The molecule has 1 aliphatic rings. The summed E-state index contributed by atoms with van der Waals surface area (Å²) in [6.07, 6.45) is 6.31. The summed E-state index contributed by atoms with van der Waals surface area (Å²) in [6, 6.07) is 3.74. The van der Waals surface area contributed by atoms with Gasteiger partial charge >= 0.3 is 5.97 Å². The van der Waals surface area contributed by atoms with Crippen molar-refractivity contribution in [1.82, 2.24) is 5.32 Å². The molecule has 5 nitrogen and oxygen atoms in total. The highest BCUT2D eigenvalue weighted by molar-refractivity contribution is 7.12. The van der Waals surface area contributed by atoms with Gasteiger partial charge in [0.1, 0.15) is 0 Å². The minimum Gasteiger partial charge on any atom is -0.478 e. The van der Waals surface area contributed by atoms with E-state index in [9.17, 15) is 9.59 Å². The molecule has 1 saturated heterocycles. The number of amides is 1. The molecule has 0 aliphatic carbocycles. The highest BCUT2D eigenvalue weighted by Gasteiger charge is 2.16. The number of carboxylic acid groups (broad SMARTS) is 1. The fraction of sp³-hybridized carbons (Fsp3) is 0.467. The SMILES string of the molecule is O=C(O)C=Cc1ccc(CNC(=O)CCC2CCCO2)s1. The lowest BCUT2D eigenvalue weighted by molar-refractivity contribution is -0.131. The first kappa shape index (κ1) is 15.7. The summed E-state index contributed by atoms with van der Waals surface area (Å²) in [6.45, 7) is 1.30. The number of aliphatic carboxylic acids is 1. The van der Waals surface area contributed by atoms with Crippen LogP contribution in [-0.2, 0) is 20.9 Å². The third kappa shape index (κ3) is 5.69. The quantitative estimate of drug-likeness (QED) is 0.759. The number of thiophene rings is 1. The highest BCUT2D eigenvalue weighted by atomic mass is 32.1. The topological polar surface area (TPSA) is 75.6 Å². The molecular formula is C15H19NO4S. The van der Waals surface area contributed by atoms with Crippen molar-refractivity contribution >= 4 is 29.3 Å². The van der Waals surface area contributed by atoms with Crippen molar-refractivity contribution in [2.45, 2.75) is 38.3 Å². The zero-order chi connectivity index (χ0) is 15.1. The van der Waals surface area contributed by atoms with Gasteiger partial charge in [0.25, 0.3) is 0 Å². The molecule has 1 amide bonds. The van der Waals surface area contributed by atoms with E-state index in [0.717, 1.165) is 41.7 Å². The van der Waals surface area contributed by atoms with Gasteiger partial charge in [-0.05, 0) is 37.5 Å². The van der Waals surface area contributed by atoms with Gasteiger partial charge in [0.05, 0.1) is 12.6 Å².